The van der Waals surface area contributed by atoms with Crippen molar-refractivity contribution in [1.29, 1.82) is 0 Å². The molecule has 2 aromatic rings. The molecule has 1 aliphatic heterocycles. The van der Waals surface area contributed by atoms with Crippen LogP contribution in [0.3, 0.4) is 0 Å². The summed E-state index contributed by atoms with van der Waals surface area (Å²) in [4.78, 5) is 15.5. The van der Waals surface area contributed by atoms with Gasteiger partial charge >= 0.3 is 5.97 Å². The third kappa shape index (κ3) is 2.84. The van der Waals surface area contributed by atoms with Crippen LogP contribution in [0.25, 0.3) is 0 Å². The first-order valence-corrected chi connectivity index (χ1v) is 8.16. The highest BCUT2D eigenvalue weighted by molar-refractivity contribution is 7.13. The predicted molar refractivity (Wildman–Crippen MR) is 86.3 cm³/mol. The number of thiophene rings is 1. The van der Waals surface area contributed by atoms with Crippen molar-refractivity contribution in [3.05, 3.63) is 51.4 Å². The largest absolute Gasteiger partial charge is 0.499 e. The van der Waals surface area contributed by atoms with Crippen molar-refractivity contribution >= 4 is 28.9 Å². The Bertz CT molecular complexity index is 700. The summed E-state index contributed by atoms with van der Waals surface area (Å²) < 4.78 is 4.98. The van der Waals surface area contributed by atoms with E-state index in [9.17, 15) is 9.90 Å². The highest BCUT2D eigenvalue weighted by atomic mass is 35.5. The molecule has 0 saturated carbocycles. The fraction of sp³-hybridized carbons (Fsp3) is 0.312. The van der Waals surface area contributed by atoms with E-state index in [0.29, 0.717) is 16.6 Å². The Morgan fingerprint density at radius 2 is 2.23 bits per heavy atom. The van der Waals surface area contributed by atoms with Crippen LogP contribution in [0.4, 0.5) is 0 Å². The number of nitrogens with zero attached hydrogens (tertiary/aromatic N) is 1. The van der Waals surface area contributed by atoms with Gasteiger partial charge in [-0.05, 0) is 29.7 Å². The Balaban J connectivity index is 1.94. The van der Waals surface area contributed by atoms with Gasteiger partial charge in [-0.3, -0.25) is 4.90 Å². The summed E-state index contributed by atoms with van der Waals surface area (Å²) in [7, 11) is 1.39. The van der Waals surface area contributed by atoms with Gasteiger partial charge in [0, 0.05) is 23.0 Å². The summed E-state index contributed by atoms with van der Waals surface area (Å²) in [5, 5.41) is 10.5. The highest BCUT2D eigenvalue weighted by Gasteiger charge is 2.33. The van der Waals surface area contributed by atoms with Gasteiger partial charge in [-0.25, -0.2) is 4.79 Å². The second-order valence-electron chi connectivity index (χ2n) is 5.20. The molecule has 0 saturated heterocycles. The minimum absolute atomic E-state index is 0.319. The molecular weight excluding hydrogens is 322 g/mol. The number of halogens is 1. The van der Waals surface area contributed by atoms with E-state index in [-0.39, 0.29) is 5.97 Å². The number of fused-ring (bicyclic) bond motifs is 1. The molecule has 0 fully saturated rings. The van der Waals surface area contributed by atoms with Gasteiger partial charge in [0.2, 0.25) is 0 Å². The number of benzene rings is 1. The average molecular weight is 338 g/mol. The quantitative estimate of drug-likeness (QED) is 0.872. The van der Waals surface area contributed by atoms with E-state index in [2.05, 4.69) is 0 Å². The van der Waals surface area contributed by atoms with E-state index in [4.69, 9.17) is 16.3 Å². The molecule has 0 unspecified atom stereocenters. The van der Waals surface area contributed by atoms with Crippen molar-refractivity contribution in [1.82, 2.24) is 4.90 Å². The molecule has 1 N–H and O–H groups in total. The van der Waals surface area contributed by atoms with Crippen LogP contribution in [-0.2, 0) is 22.5 Å². The van der Waals surface area contributed by atoms with Crippen LogP contribution < -0.4 is 0 Å². The van der Waals surface area contributed by atoms with Crippen LogP contribution >= 0.6 is 22.9 Å². The topological polar surface area (TPSA) is 49.8 Å². The van der Waals surface area contributed by atoms with Crippen molar-refractivity contribution in [2.45, 2.75) is 19.0 Å². The molecule has 6 heteroatoms. The molecule has 1 aromatic carbocycles. The Morgan fingerprint density at radius 1 is 1.45 bits per heavy atom. The summed E-state index contributed by atoms with van der Waals surface area (Å²) in [6, 6.07) is 8.57. The molecule has 0 bridgehead atoms. The van der Waals surface area contributed by atoms with E-state index >= 15 is 0 Å². The maximum absolute atomic E-state index is 12.3. The number of carbonyl (C=O) groups excluding carboxylic acids is 1. The molecular formula is C16H16ClNO3S. The van der Waals surface area contributed by atoms with Crippen LogP contribution in [0.5, 0.6) is 5.06 Å². The van der Waals surface area contributed by atoms with Gasteiger partial charge in [0.25, 0.3) is 0 Å². The molecule has 1 atom stereocenters. The van der Waals surface area contributed by atoms with Crippen LogP contribution in [-0.4, -0.2) is 29.6 Å². The summed E-state index contributed by atoms with van der Waals surface area (Å²) in [6.45, 7) is 1.31. The van der Waals surface area contributed by atoms with Gasteiger partial charge in [0.05, 0.1) is 7.11 Å². The number of rotatable bonds is 3. The van der Waals surface area contributed by atoms with Crippen LogP contribution in [0.2, 0.25) is 5.02 Å². The van der Waals surface area contributed by atoms with Gasteiger partial charge in [-0.15, -0.1) is 11.3 Å². The van der Waals surface area contributed by atoms with Crippen molar-refractivity contribution in [3.8, 4) is 5.06 Å². The van der Waals surface area contributed by atoms with Gasteiger partial charge in [0.1, 0.15) is 6.04 Å². The smallest absolute Gasteiger partial charge is 0.327 e. The molecule has 0 radical (unpaired) electrons. The molecule has 116 valence electrons. The van der Waals surface area contributed by atoms with Crippen molar-refractivity contribution in [2.75, 3.05) is 13.7 Å². The minimum atomic E-state index is -0.533. The van der Waals surface area contributed by atoms with Crippen molar-refractivity contribution in [2.24, 2.45) is 0 Å². The minimum Gasteiger partial charge on any atom is -0.499 e. The van der Waals surface area contributed by atoms with Gasteiger partial charge < -0.3 is 9.84 Å². The van der Waals surface area contributed by atoms with Crippen LogP contribution in [0.1, 0.15) is 22.0 Å². The normalized spacial score (nSPS) is 16.1. The Morgan fingerprint density at radius 3 is 2.95 bits per heavy atom. The predicted octanol–water partition coefficient (Wildman–Crippen LogP) is 3.38. The Kier molecular flexibility index (Phi) is 4.38. The standard InChI is InChI=1S/C16H16ClNO3S/c1-21-16(20)15(11-4-2-3-5-12(11)17)18-7-6-13-10(9-18)8-14(19)22-13/h2-5,8,15,19H,6-7,9H2,1H3/t15-/m0/s1. The number of esters is 1. The van der Waals surface area contributed by atoms with Crippen LogP contribution in [0, 0.1) is 0 Å². The van der Waals surface area contributed by atoms with Gasteiger partial charge in [-0.2, -0.15) is 0 Å². The SMILES string of the molecule is COC(=O)[C@H](c1ccccc1Cl)N1CCc2sc(O)cc2C1. The van der Waals surface area contributed by atoms with E-state index in [1.165, 1.54) is 23.3 Å². The fourth-order valence-corrected chi connectivity index (χ4v) is 3.98. The zero-order valence-electron chi connectivity index (χ0n) is 12.1. The summed E-state index contributed by atoms with van der Waals surface area (Å²) >= 11 is 7.67. The zero-order valence-corrected chi connectivity index (χ0v) is 13.7. The third-order valence-corrected chi connectivity index (χ3v) is 5.26. The van der Waals surface area contributed by atoms with E-state index in [0.717, 1.165) is 24.1 Å². The molecule has 0 spiro atoms. The number of aromatic hydroxyl groups is 1. The third-order valence-electron chi connectivity index (χ3n) is 3.87. The second kappa shape index (κ2) is 6.28. The first-order chi connectivity index (χ1) is 10.6. The molecule has 4 nitrogen and oxygen atoms in total. The highest BCUT2D eigenvalue weighted by Crippen LogP contribution is 2.37. The zero-order chi connectivity index (χ0) is 15.7. The molecule has 1 aliphatic rings. The molecule has 22 heavy (non-hydrogen) atoms. The number of hydrogen-bond donors (Lipinski definition) is 1. The Hall–Kier alpha value is -1.56. The lowest BCUT2D eigenvalue weighted by Gasteiger charge is -2.33. The molecule has 1 aromatic heterocycles. The molecule has 2 heterocycles. The average Bonchev–Trinajstić information content (AvgIpc) is 2.88. The van der Waals surface area contributed by atoms with E-state index < -0.39 is 6.04 Å². The fourth-order valence-electron chi connectivity index (χ4n) is 2.84. The number of carbonyl (C=O) groups is 1. The molecule has 0 aliphatic carbocycles. The lowest BCUT2D eigenvalue weighted by atomic mass is 10.0. The van der Waals surface area contributed by atoms with E-state index in [1.807, 2.05) is 23.1 Å². The number of ether oxygens (including phenoxy) is 1. The monoisotopic (exact) mass is 337 g/mol. The summed E-state index contributed by atoms with van der Waals surface area (Å²) in [5.74, 6) is -0.323. The lowest BCUT2D eigenvalue weighted by Crippen LogP contribution is -2.38. The molecule has 0 amide bonds. The van der Waals surface area contributed by atoms with Crippen LogP contribution in [0.15, 0.2) is 30.3 Å². The van der Waals surface area contributed by atoms with Crippen molar-refractivity contribution in [3.63, 3.8) is 0 Å². The lowest BCUT2D eigenvalue weighted by molar-refractivity contribution is -0.147. The number of hydrogen-bond acceptors (Lipinski definition) is 5. The van der Waals surface area contributed by atoms with Crippen molar-refractivity contribution < 1.29 is 14.6 Å². The first-order valence-electron chi connectivity index (χ1n) is 6.97. The summed E-state index contributed by atoms with van der Waals surface area (Å²) in [6.07, 6.45) is 0.804. The van der Waals surface area contributed by atoms with E-state index in [1.54, 1.807) is 12.1 Å². The molecule has 3 rings (SSSR count). The number of methoxy groups -OCH3 is 1. The maximum Gasteiger partial charge on any atom is 0.327 e. The van der Waals surface area contributed by atoms with Gasteiger partial charge in [-0.1, -0.05) is 29.8 Å². The first kappa shape index (κ1) is 15.3. The second-order valence-corrected chi connectivity index (χ2v) is 6.72. The maximum atomic E-state index is 12.3. The Labute approximate surface area is 137 Å². The summed E-state index contributed by atoms with van der Waals surface area (Å²) in [5.41, 5.74) is 1.81. The van der Waals surface area contributed by atoms with Gasteiger partial charge in [0.15, 0.2) is 5.06 Å².